The molecule has 0 aromatic heterocycles. The molecular weight excluding hydrogens is 188 g/mol. The lowest BCUT2D eigenvalue weighted by Gasteiger charge is -2.12. The average molecular weight is 207 g/mol. The normalized spacial score (nSPS) is 10.5. The molecule has 0 saturated carbocycles. The van der Waals surface area contributed by atoms with Crippen LogP contribution in [0.2, 0.25) is 0 Å². The van der Waals surface area contributed by atoms with Gasteiger partial charge < -0.3 is 9.47 Å². The van der Waals surface area contributed by atoms with E-state index >= 15 is 0 Å². The van der Waals surface area contributed by atoms with E-state index in [-0.39, 0.29) is 0 Å². The van der Waals surface area contributed by atoms with Gasteiger partial charge in [-0.25, -0.2) is 0 Å². The Balaban J connectivity index is 2.88. The Kier molecular flexibility index (Phi) is 4.47. The first kappa shape index (κ1) is 11.9. The van der Waals surface area contributed by atoms with Gasteiger partial charge in [0.15, 0.2) is 11.5 Å². The van der Waals surface area contributed by atoms with Crippen molar-refractivity contribution in [2.24, 2.45) is 0 Å². The van der Waals surface area contributed by atoms with Crippen LogP contribution >= 0.6 is 0 Å². The van der Waals surface area contributed by atoms with Gasteiger partial charge in [-0.3, -0.25) is 0 Å². The topological polar surface area (TPSA) is 18.5 Å². The Morgan fingerprint density at radius 2 is 1.93 bits per heavy atom. The van der Waals surface area contributed by atoms with E-state index in [0.717, 1.165) is 24.5 Å². The summed E-state index contributed by atoms with van der Waals surface area (Å²) in [6, 6.07) is 6.04. The first-order valence-corrected chi connectivity index (χ1v) is 5.30. The van der Waals surface area contributed by atoms with E-state index in [1.165, 1.54) is 11.5 Å². The van der Waals surface area contributed by atoms with Crippen LogP contribution in [0.3, 0.4) is 0 Å². The minimum Gasteiger partial charge on any atom is -0.493 e. The van der Waals surface area contributed by atoms with Crippen LogP contribution in [0.1, 0.15) is 32.8 Å². The van der Waals surface area contributed by atoms with Crippen molar-refractivity contribution < 1.29 is 9.47 Å². The molecular formula is C13H19O2. The van der Waals surface area contributed by atoms with Gasteiger partial charge in [-0.1, -0.05) is 26.8 Å². The van der Waals surface area contributed by atoms with Crippen molar-refractivity contribution in [2.75, 3.05) is 13.7 Å². The molecule has 0 saturated heterocycles. The van der Waals surface area contributed by atoms with Gasteiger partial charge in [0.2, 0.25) is 0 Å². The lowest BCUT2D eigenvalue weighted by Crippen LogP contribution is -1.99. The summed E-state index contributed by atoms with van der Waals surface area (Å²) < 4.78 is 10.9. The Morgan fingerprint density at radius 1 is 1.20 bits per heavy atom. The van der Waals surface area contributed by atoms with Crippen molar-refractivity contribution in [1.29, 1.82) is 0 Å². The summed E-state index contributed by atoms with van der Waals surface area (Å²) in [5.41, 5.74) is 1.19. The van der Waals surface area contributed by atoms with E-state index in [1.54, 1.807) is 7.11 Å². The Hall–Kier alpha value is -1.18. The van der Waals surface area contributed by atoms with Crippen molar-refractivity contribution in [1.82, 2.24) is 0 Å². The second kappa shape index (κ2) is 5.64. The maximum Gasteiger partial charge on any atom is 0.161 e. The molecule has 0 spiro atoms. The summed E-state index contributed by atoms with van der Waals surface area (Å²) in [6.07, 6.45) is 1.00. The van der Waals surface area contributed by atoms with Gasteiger partial charge in [0, 0.05) is 0 Å². The van der Waals surface area contributed by atoms with Crippen molar-refractivity contribution >= 4 is 0 Å². The highest BCUT2D eigenvalue weighted by atomic mass is 16.5. The highest BCUT2D eigenvalue weighted by Gasteiger charge is 2.07. The molecule has 0 fully saturated rings. The third-order valence-corrected chi connectivity index (χ3v) is 2.20. The van der Waals surface area contributed by atoms with Crippen molar-refractivity contribution in [3.05, 3.63) is 29.7 Å². The summed E-state index contributed by atoms with van der Waals surface area (Å²) in [6.45, 7) is 6.98. The molecule has 0 bridgehead atoms. The molecule has 1 aromatic carbocycles. The van der Waals surface area contributed by atoms with Crippen molar-refractivity contribution in [2.45, 2.75) is 27.2 Å². The fraction of sp³-hybridized carbons (Fsp3) is 0.462. The zero-order chi connectivity index (χ0) is 11.3. The lowest BCUT2D eigenvalue weighted by atomic mass is 10.0. The van der Waals surface area contributed by atoms with Gasteiger partial charge in [-0.15, -0.1) is 0 Å². The molecule has 0 amide bonds. The van der Waals surface area contributed by atoms with Gasteiger partial charge in [0.1, 0.15) is 0 Å². The quantitative estimate of drug-likeness (QED) is 0.736. The minimum atomic E-state index is 0.727. The molecule has 0 aliphatic heterocycles. The largest absolute Gasteiger partial charge is 0.493 e. The van der Waals surface area contributed by atoms with E-state index in [2.05, 4.69) is 26.8 Å². The molecule has 1 aromatic rings. The zero-order valence-corrected chi connectivity index (χ0v) is 9.96. The highest BCUT2D eigenvalue weighted by molar-refractivity contribution is 5.46. The van der Waals surface area contributed by atoms with Crippen LogP contribution in [0.4, 0.5) is 0 Å². The Bertz CT molecular complexity index is 305. The van der Waals surface area contributed by atoms with Crippen LogP contribution < -0.4 is 9.47 Å². The smallest absolute Gasteiger partial charge is 0.161 e. The van der Waals surface area contributed by atoms with E-state index in [0.29, 0.717) is 0 Å². The first-order valence-electron chi connectivity index (χ1n) is 5.30. The molecule has 0 atom stereocenters. The monoisotopic (exact) mass is 207 g/mol. The highest BCUT2D eigenvalue weighted by Crippen LogP contribution is 2.30. The standard InChI is InChI=1S/C13H19O2/c1-5-8-15-12-7-6-11(10(2)3)9-13(12)14-4/h6-7,9H,5,8H2,1-4H3. The van der Waals surface area contributed by atoms with Crippen molar-refractivity contribution in [3.8, 4) is 11.5 Å². The van der Waals surface area contributed by atoms with Gasteiger partial charge in [-0.05, 0) is 30.0 Å². The van der Waals surface area contributed by atoms with E-state index < -0.39 is 0 Å². The molecule has 1 radical (unpaired) electrons. The van der Waals surface area contributed by atoms with E-state index in [1.807, 2.05) is 12.1 Å². The minimum absolute atomic E-state index is 0.727. The average Bonchev–Trinajstić information content (AvgIpc) is 2.25. The number of hydrogen-bond acceptors (Lipinski definition) is 2. The van der Waals surface area contributed by atoms with Gasteiger partial charge >= 0.3 is 0 Å². The summed E-state index contributed by atoms with van der Waals surface area (Å²) >= 11 is 0. The van der Waals surface area contributed by atoms with Crippen LogP contribution in [0.5, 0.6) is 11.5 Å². The molecule has 15 heavy (non-hydrogen) atoms. The van der Waals surface area contributed by atoms with Crippen LogP contribution in [0.15, 0.2) is 18.2 Å². The van der Waals surface area contributed by atoms with Crippen LogP contribution in [0.25, 0.3) is 0 Å². The van der Waals surface area contributed by atoms with Gasteiger partial charge in [0.25, 0.3) is 0 Å². The predicted octanol–water partition coefficient (Wildman–Crippen LogP) is 3.45. The molecule has 83 valence electrons. The van der Waals surface area contributed by atoms with Crippen LogP contribution in [0, 0.1) is 5.92 Å². The Labute approximate surface area is 92.2 Å². The zero-order valence-electron chi connectivity index (χ0n) is 9.96. The molecule has 2 nitrogen and oxygen atoms in total. The molecule has 0 heterocycles. The summed E-state index contributed by atoms with van der Waals surface area (Å²) in [7, 11) is 1.67. The second-order valence-corrected chi connectivity index (χ2v) is 3.71. The summed E-state index contributed by atoms with van der Waals surface area (Å²) in [5.74, 6) is 2.90. The van der Waals surface area contributed by atoms with E-state index in [9.17, 15) is 0 Å². The number of rotatable bonds is 5. The lowest BCUT2D eigenvalue weighted by molar-refractivity contribution is 0.294. The second-order valence-electron chi connectivity index (χ2n) is 3.71. The maximum atomic E-state index is 5.58. The third kappa shape index (κ3) is 3.15. The Morgan fingerprint density at radius 3 is 2.47 bits per heavy atom. The number of hydrogen-bond donors (Lipinski definition) is 0. The van der Waals surface area contributed by atoms with Crippen molar-refractivity contribution in [3.63, 3.8) is 0 Å². The van der Waals surface area contributed by atoms with Gasteiger partial charge in [0.05, 0.1) is 13.7 Å². The van der Waals surface area contributed by atoms with Gasteiger partial charge in [-0.2, -0.15) is 0 Å². The SMILES string of the molecule is CCCOc1ccc([C](C)C)cc1OC. The number of ether oxygens (including phenoxy) is 2. The summed E-state index contributed by atoms with van der Waals surface area (Å²) in [5, 5.41) is 0. The molecule has 1 rings (SSSR count). The number of benzene rings is 1. The molecule has 2 heteroatoms. The summed E-state index contributed by atoms with van der Waals surface area (Å²) in [4.78, 5) is 0. The molecule has 0 N–H and O–H groups in total. The molecule has 0 aliphatic carbocycles. The van der Waals surface area contributed by atoms with E-state index in [4.69, 9.17) is 9.47 Å². The molecule has 0 unspecified atom stereocenters. The molecule has 0 aliphatic rings. The fourth-order valence-electron chi connectivity index (χ4n) is 1.31. The van der Waals surface area contributed by atoms with Crippen LogP contribution in [-0.4, -0.2) is 13.7 Å². The predicted molar refractivity (Wildman–Crippen MR) is 62.5 cm³/mol. The maximum absolute atomic E-state index is 5.58. The third-order valence-electron chi connectivity index (χ3n) is 2.20. The van der Waals surface area contributed by atoms with Crippen LogP contribution in [-0.2, 0) is 0 Å². The number of methoxy groups -OCH3 is 1. The first-order chi connectivity index (χ1) is 7.19. The fourth-order valence-corrected chi connectivity index (χ4v) is 1.31.